The van der Waals surface area contributed by atoms with E-state index in [0.29, 0.717) is 31.2 Å². The minimum atomic E-state index is -2.88. The summed E-state index contributed by atoms with van der Waals surface area (Å²) in [7, 11) is 0. The van der Waals surface area contributed by atoms with Gasteiger partial charge in [0.1, 0.15) is 18.4 Å². The van der Waals surface area contributed by atoms with Gasteiger partial charge in [0.2, 0.25) is 0 Å². The third kappa shape index (κ3) is 8.92. The first-order chi connectivity index (χ1) is 15.5. The van der Waals surface area contributed by atoms with E-state index in [1.54, 1.807) is 23.1 Å². The number of guanidine groups is 1. The Morgan fingerprint density at radius 1 is 1.15 bits per heavy atom. The van der Waals surface area contributed by atoms with Crippen LogP contribution < -0.4 is 15.4 Å². The van der Waals surface area contributed by atoms with Gasteiger partial charge in [-0.2, -0.15) is 13.9 Å². The molecule has 0 spiro atoms. The first-order valence-electron chi connectivity index (χ1n) is 10.2. The van der Waals surface area contributed by atoms with Gasteiger partial charge in [0.25, 0.3) is 0 Å². The van der Waals surface area contributed by atoms with Crippen LogP contribution in [0.3, 0.4) is 0 Å². The second-order valence-electron chi connectivity index (χ2n) is 6.95. The Hall–Kier alpha value is -2.80. The molecule has 1 atom stereocenters. The molecular weight excluding hydrogens is 545 g/mol. The first-order valence-corrected chi connectivity index (χ1v) is 10.2. The summed E-state index contributed by atoms with van der Waals surface area (Å²) in [5.74, 6) is 0.607. The lowest BCUT2D eigenvalue weighted by atomic mass is 10.1. The third-order valence-electron chi connectivity index (χ3n) is 4.52. The van der Waals surface area contributed by atoms with Gasteiger partial charge in [0, 0.05) is 13.1 Å². The number of aliphatic imine (C=N–C) groups is 1. The Morgan fingerprint density at radius 2 is 1.91 bits per heavy atom. The summed E-state index contributed by atoms with van der Waals surface area (Å²) in [4.78, 5) is 8.53. The molecule has 0 amide bonds. The van der Waals surface area contributed by atoms with Crippen molar-refractivity contribution in [1.29, 1.82) is 0 Å². The van der Waals surface area contributed by atoms with Crippen molar-refractivity contribution in [3.63, 3.8) is 0 Å². The zero-order valence-electron chi connectivity index (χ0n) is 18.1. The van der Waals surface area contributed by atoms with E-state index in [9.17, 15) is 13.9 Å². The molecule has 3 aromatic rings. The van der Waals surface area contributed by atoms with Gasteiger partial charge in [-0.3, -0.25) is 0 Å². The van der Waals surface area contributed by atoms with Crippen LogP contribution in [0.2, 0.25) is 0 Å². The number of halogens is 3. The highest BCUT2D eigenvalue weighted by atomic mass is 127. The summed E-state index contributed by atoms with van der Waals surface area (Å²) in [6, 6.07) is 14.0. The van der Waals surface area contributed by atoms with Crippen molar-refractivity contribution in [2.75, 3.05) is 13.1 Å². The van der Waals surface area contributed by atoms with Gasteiger partial charge < -0.3 is 20.5 Å². The molecular formula is C22H27F2IN6O2. The molecule has 1 aromatic heterocycles. The molecule has 2 aromatic carbocycles. The number of rotatable bonds is 10. The average Bonchev–Trinajstić information content (AvgIpc) is 3.29. The largest absolute Gasteiger partial charge is 0.435 e. The predicted molar refractivity (Wildman–Crippen MR) is 132 cm³/mol. The van der Waals surface area contributed by atoms with Gasteiger partial charge in [-0.25, -0.2) is 14.7 Å². The molecule has 0 fully saturated rings. The number of alkyl halides is 2. The lowest BCUT2D eigenvalue weighted by Gasteiger charge is -2.16. The molecule has 0 radical (unpaired) electrons. The maximum atomic E-state index is 12.3. The van der Waals surface area contributed by atoms with E-state index >= 15 is 0 Å². The Balaban J connectivity index is 0.00000385. The number of ether oxygens (including phenoxy) is 1. The summed E-state index contributed by atoms with van der Waals surface area (Å²) >= 11 is 0. The van der Waals surface area contributed by atoms with Gasteiger partial charge in [-0.15, -0.1) is 24.0 Å². The van der Waals surface area contributed by atoms with Crippen molar-refractivity contribution in [2.24, 2.45) is 4.99 Å². The minimum absolute atomic E-state index is 0. The molecule has 0 bridgehead atoms. The summed E-state index contributed by atoms with van der Waals surface area (Å²) in [5.41, 5.74) is 2.71. The van der Waals surface area contributed by atoms with E-state index in [1.165, 1.54) is 18.5 Å². The highest BCUT2D eigenvalue weighted by Crippen LogP contribution is 2.19. The number of hydrogen-bond donors (Lipinski definition) is 3. The van der Waals surface area contributed by atoms with E-state index in [2.05, 4.69) is 36.5 Å². The Kier molecular flexibility index (Phi) is 11.0. The molecule has 8 nitrogen and oxygen atoms in total. The maximum absolute atomic E-state index is 12.3. The fraction of sp³-hybridized carbons (Fsp3) is 0.318. The number of nitrogens with one attached hydrogen (secondary N) is 2. The quantitative estimate of drug-likeness (QED) is 0.196. The molecule has 178 valence electrons. The highest BCUT2D eigenvalue weighted by Gasteiger charge is 2.10. The van der Waals surface area contributed by atoms with Crippen LogP contribution >= 0.6 is 24.0 Å². The van der Waals surface area contributed by atoms with Crippen molar-refractivity contribution in [3.8, 4) is 5.75 Å². The number of nitrogens with zero attached hydrogens (tertiary/aromatic N) is 4. The normalized spacial score (nSPS) is 12.2. The highest BCUT2D eigenvalue weighted by molar-refractivity contribution is 14.0. The lowest BCUT2D eigenvalue weighted by Crippen LogP contribution is -2.39. The van der Waals surface area contributed by atoms with Crippen LogP contribution in [0.5, 0.6) is 5.75 Å². The molecule has 1 unspecified atom stereocenters. The van der Waals surface area contributed by atoms with E-state index in [0.717, 1.165) is 11.1 Å². The third-order valence-corrected chi connectivity index (χ3v) is 4.52. The molecule has 0 saturated heterocycles. The lowest BCUT2D eigenvalue weighted by molar-refractivity contribution is -0.0498. The molecule has 0 saturated carbocycles. The predicted octanol–water partition coefficient (Wildman–Crippen LogP) is 3.33. The van der Waals surface area contributed by atoms with Crippen molar-refractivity contribution in [3.05, 3.63) is 77.9 Å². The number of benzene rings is 2. The second kappa shape index (κ2) is 13.7. The van der Waals surface area contributed by atoms with Crippen molar-refractivity contribution < 1.29 is 18.6 Å². The number of aliphatic hydroxyl groups excluding tert-OH is 1. The summed E-state index contributed by atoms with van der Waals surface area (Å²) < 4.78 is 30.6. The molecule has 3 rings (SSSR count). The average molecular weight is 572 g/mol. The van der Waals surface area contributed by atoms with E-state index in [4.69, 9.17) is 0 Å². The molecule has 1 heterocycles. The number of aliphatic hydroxyl groups is 1. The maximum Gasteiger partial charge on any atom is 0.387 e. The monoisotopic (exact) mass is 572 g/mol. The second-order valence-corrected chi connectivity index (χ2v) is 6.95. The van der Waals surface area contributed by atoms with Crippen molar-refractivity contribution in [1.82, 2.24) is 25.4 Å². The fourth-order valence-electron chi connectivity index (χ4n) is 3.02. The smallest absolute Gasteiger partial charge is 0.387 e. The van der Waals surface area contributed by atoms with E-state index in [1.807, 2.05) is 25.1 Å². The summed E-state index contributed by atoms with van der Waals surface area (Å²) in [6.45, 7) is 1.02. The van der Waals surface area contributed by atoms with E-state index in [-0.39, 0.29) is 36.3 Å². The van der Waals surface area contributed by atoms with Crippen molar-refractivity contribution in [2.45, 2.75) is 32.7 Å². The SMILES string of the molecule is CCNC(=NCc1cccc(Cn2cncn2)c1)NCC(O)c1ccc(OC(F)F)cc1.I. The molecule has 0 aliphatic carbocycles. The van der Waals surface area contributed by atoms with Gasteiger partial charge in [0.05, 0.1) is 19.2 Å². The van der Waals surface area contributed by atoms with Crippen LogP contribution in [0.1, 0.15) is 29.7 Å². The fourth-order valence-corrected chi connectivity index (χ4v) is 3.02. The molecule has 0 aliphatic heterocycles. The van der Waals surface area contributed by atoms with Crippen LogP contribution in [0.15, 0.2) is 66.2 Å². The minimum Gasteiger partial charge on any atom is -0.435 e. The molecule has 11 heteroatoms. The van der Waals surface area contributed by atoms with Crippen LogP contribution in [-0.2, 0) is 13.1 Å². The van der Waals surface area contributed by atoms with E-state index < -0.39 is 12.7 Å². The van der Waals surface area contributed by atoms with Crippen molar-refractivity contribution >= 4 is 29.9 Å². The zero-order chi connectivity index (χ0) is 22.8. The molecule has 0 aliphatic rings. The Morgan fingerprint density at radius 3 is 2.58 bits per heavy atom. The van der Waals surface area contributed by atoms with Crippen LogP contribution in [0, 0.1) is 0 Å². The summed E-state index contributed by atoms with van der Waals surface area (Å²) in [6.07, 6.45) is 2.33. The topological polar surface area (TPSA) is 96.6 Å². The number of hydrogen-bond acceptors (Lipinski definition) is 5. The van der Waals surface area contributed by atoms with Crippen LogP contribution in [0.25, 0.3) is 0 Å². The van der Waals surface area contributed by atoms with Gasteiger partial charge in [-0.1, -0.05) is 36.4 Å². The van der Waals surface area contributed by atoms with Gasteiger partial charge >= 0.3 is 6.61 Å². The van der Waals surface area contributed by atoms with Gasteiger partial charge in [0.15, 0.2) is 5.96 Å². The van der Waals surface area contributed by atoms with Crippen LogP contribution in [0.4, 0.5) is 8.78 Å². The molecule has 3 N–H and O–H groups in total. The Bertz CT molecular complexity index is 987. The first kappa shape index (κ1) is 26.5. The standard InChI is InChI=1S/C22H26F2N6O2.HI/c1-2-26-22(28-12-20(31)18-6-8-19(9-7-18)32-21(23)24)27-11-16-4-3-5-17(10-16)13-30-15-25-14-29-30;/h3-10,14-15,20-21,31H,2,11-13H2,1H3,(H2,26,27,28);1H. The summed E-state index contributed by atoms with van der Waals surface area (Å²) in [5, 5.41) is 20.8. The Labute approximate surface area is 208 Å². The number of aromatic nitrogens is 3. The van der Waals surface area contributed by atoms with Gasteiger partial charge in [-0.05, 0) is 35.7 Å². The van der Waals surface area contributed by atoms with Crippen LogP contribution in [-0.4, -0.2) is 45.5 Å². The zero-order valence-corrected chi connectivity index (χ0v) is 20.4. The molecule has 33 heavy (non-hydrogen) atoms.